The third-order valence-corrected chi connectivity index (χ3v) is 3.13. The molecule has 0 aliphatic heterocycles. The molecule has 0 aromatic heterocycles. The Labute approximate surface area is 136 Å². The van der Waals surface area contributed by atoms with Crippen LogP contribution in [0.15, 0.2) is 24.3 Å². The molecule has 0 fully saturated rings. The number of urea groups is 1. The summed E-state index contributed by atoms with van der Waals surface area (Å²) in [7, 11) is 0. The first-order chi connectivity index (χ1) is 9.99. The van der Waals surface area contributed by atoms with Gasteiger partial charge in [-0.1, -0.05) is 32.4 Å². The van der Waals surface area contributed by atoms with Gasteiger partial charge >= 0.3 is 6.03 Å². The van der Waals surface area contributed by atoms with Crippen molar-refractivity contribution in [3.8, 4) is 0 Å². The van der Waals surface area contributed by atoms with E-state index < -0.39 is 11.6 Å². The maximum atomic E-state index is 12.2. The first-order valence-electron chi connectivity index (χ1n) is 7.13. The quantitative estimate of drug-likeness (QED) is 0.794. The van der Waals surface area contributed by atoms with Gasteiger partial charge in [0.2, 0.25) is 5.91 Å². The Morgan fingerprint density at radius 1 is 1.05 bits per heavy atom. The lowest BCUT2D eigenvalue weighted by molar-refractivity contribution is -0.126. The van der Waals surface area contributed by atoms with E-state index in [2.05, 4.69) is 16.0 Å². The fraction of sp³-hybridized carbons (Fsp3) is 0.500. The van der Waals surface area contributed by atoms with Crippen molar-refractivity contribution in [1.29, 1.82) is 0 Å². The van der Waals surface area contributed by atoms with Crippen molar-refractivity contribution in [2.24, 2.45) is 5.41 Å². The van der Waals surface area contributed by atoms with Crippen molar-refractivity contribution in [2.45, 2.75) is 40.2 Å². The van der Waals surface area contributed by atoms with Gasteiger partial charge < -0.3 is 16.0 Å². The highest BCUT2D eigenvalue weighted by molar-refractivity contribution is 6.30. The summed E-state index contributed by atoms with van der Waals surface area (Å²) in [5.41, 5.74) is -0.424. The zero-order valence-corrected chi connectivity index (χ0v) is 14.5. The van der Waals surface area contributed by atoms with Crippen LogP contribution in [0.2, 0.25) is 5.02 Å². The molecule has 1 aromatic carbocycles. The molecule has 0 aliphatic rings. The molecule has 6 heteroatoms. The van der Waals surface area contributed by atoms with Gasteiger partial charge in [-0.15, -0.1) is 0 Å². The van der Waals surface area contributed by atoms with Crippen molar-refractivity contribution < 1.29 is 9.59 Å². The Morgan fingerprint density at radius 2 is 1.59 bits per heavy atom. The summed E-state index contributed by atoms with van der Waals surface area (Å²) < 4.78 is 0. The molecule has 1 rings (SSSR count). The topological polar surface area (TPSA) is 70.2 Å². The van der Waals surface area contributed by atoms with Crippen LogP contribution in [-0.2, 0) is 4.79 Å². The second kappa shape index (κ2) is 7.01. The van der Waals surface area contributed by atoms with E-state index in [4.69, 9.17) is 11.6 Å². The molecule has 0 atom stereocenters. The molecule has 22 heavy (non-hydrogen) atoms. The van der Waals surface area contributed by atoms with Crippen LogP contribution in [0.4, 0.5) is 10.5 Å². The molecule has 0 saturated carbocycles. The van der Waals surface area contributed by atoms with Crippen molar-refractivity contribution in [1.82, 2.24) is 10.6 Å². The average Bonchev–Trinajstić information content (AvgIpc) is 2.37. The summed E-state index contributed by atoms with van der Waals surface area (Å²) in [5, 5.41) is 8.76. The SMILES string of the molecule is CC(C)(C)CNC(=O)C(C)(C)NC(=O)Nc1ccc(Cl)cc1. The zero-order valence-electron chi connectivity index (χ0n) is 13.7. The largest absolute Gasteiger partial charge is 0.354 e. The van der Waals surface area contributed by atoms with Gasteiger partial charge in [-0.3, -0.25) is 4.79 Å². The molecule has 3 amide bonds. The summed E-state index contributed by atoms with van der Waals surface area (Å²) in [5.74, 6) is -0.228. The number of anilines is 1. The smallest absolute Gasteiger partial charge is 0.320 e. The number of carbonyl (C=O) groups is 2. The highest BCUT2D eigenvalue weighted by atomic mass is 35.5. The summed E-state index contributed by atoms with van der Waals surface area (Å²) in [6, 6.07) is 6.29. The predicted molar refractivity (Wildman–Crippen MR) is 90.2 cm³/mol. The Bertz CT molecular complexity index is 533. The fourth-order valence-electron chi connectivity index (χ4n) is 1.60. The normalized spacial score (nSPS) is 11.7. The van der Waals surface area contributed by atoms with E-state index in [0.29, 0.717) is 17.3 Å². The number of amides is 3. The fourth-order valence-corrected chi connectivity index (χ4v) is 1.73. The maximum Gasteiger partial charge on any atom is 0.320 e. The number of halogens is 1. The molecule has 0 spiro atoms. The second-order valence-electron chi connectivity index (χ2n) is 6.95. The molecular formula is C16H24ClN3O2. The molecule has 0 heterocycles. The van der Waals surface area contributed by atoms with Crippen LogP contribution in [0.25, 0.3) is 0 Å². The molecule has 1 aromatic rings. The van der Waals surface area contributed by atoms with Gasteiger partial charge in [-0.25, -0.2) is 4.79 Å². The second-order valence-corrected chi connectivity index (χ2v) is 7.39. The van der Waals surface area contributed by atoms with Crippen LogP contribution < -0.4 is 16.0 Å². The number of benzene rings is 1. The van der Waals surface area contributed by atoms with E-state index in [-0.39, 0.29) is 11.3 Å². The van der Waals surface area contributed by atoms with E-state index in [9.17, 15) is 9.59 Å². The van der Waals surface area contributed by atoms with Crippen molar-refractivity contribution in [3.63, 3.8) is 0 Å². The van der Waals surface area contributed by atoms with Crippen molar-refractivity contribution in [3.05, 3.63) is 29.3 Å². The molecule has 0 bridgehead atoms. The van der Waals surface area contributed by atoms with Crippen molar-refractivity contribution >= 4 is 29.2 Å². The highest BCUT2D eigenvalue weighted by Crippen LogP contribution is 2.14. The first kappa shape index (κ1) is 18.3. The monoisotopic (exact) mass is 325 g/mol. The van der Waals surface area contributed by atoms with E-state index in [1.807, 2.05) is 20.8 Å². The first-order valence-corrected chi connectivity index (χ1v) is 7.50. The molecule has 0 radical (unpaired) electrons. The van der Waals surface area contributed by atoms with Crippen LogP contribution in [0.1, 0.15) is 34.6 Å². The van der Waals surface area contributed by atoms with Gasteiger partial charge in [0.1, 0.15) is 5.54 Å². The third-order valence-electron chi connectivity index (χ3n) is 2.88. The Balaban J connectivity index is 2.57. The maximum absolute atomic E-state index is 12.2. The summed E-state index contributed by atoms with van der Waals surface area (Å²) >= 11 is 5.79. The number of rotatable bonds is 4. The van der Waals surface area contributed by atoms with Crippen LogP contribution in [0.3, 0.4) is 0 Å². The molecule has 0 saturated heterocycles. The molecule has 5 nitrogen and oxygen atoms in total. The number of carbonyl (C=O) groups excluding carboxylic acids is 2. The van der Waals surface area contributed by atoms with E-state index in [1.165, 1.54) is 0 Å². The number of nitrogens with one attached hydrogen (secondary N) is 3. The minimum absolute atomic E-state index is 0.0166. The lowest BCUT2D eigenvalue weighted by Gasteiger charge is -2.27. The summed E-state index contributed by atoms with van der Waals surface area (Å²) in [6.07, 6.45) is 0. The molecule has 0 aliphatic carbocycles. The Hall–Kier alpha value is -1.75. The number of hydrogen-bond acceptors (Lipinski definition) is 2. The third kappa shape index (κ3) is 6.35. The molecule has 0 unspecified atom stereocenters. The summed E-state index contributed by atoms with van der Waals surface area (Å²) in [4.78, 5) is 24.2. The standard InChI is InChI=1S/C16H24ClN3O2/c1-15(2,3)10-18-13(21)16(4,5)20-14(22)19-12-8-6-11(17)7-9-12/h6-9H,10H2,1-5H3,(H,18,21)(H2,19,20,22). The van der Waals surface area contributed by atoms with Gasteiger partial charge in [-0.2, -0.15) is 0 Å². The van der Waals surface area contributed by atoms with Crippen LogP contribution in [0.5, 0.6) is 0 Å². The average molecular weight is 326 g/mol. The highest BCUT2D eigenvalue weighted by Gasteiger charge is 2.30. The Morgan fingerprint density at radius 3 is 2.09 bits per heavy atom. The number of hydrogen-bond donors (Lipinski definition) is 3. The lowest BCUT2D eigenvalue weighted by atomic mass is 9.96. The van der Waals surface area contributed by atoms with Gasteiger partial charge in [0, 0.05) is 17.3 Å². The minimum Gasteiger partial charge on any atom is -0.354 e. The van der Waals surface area contributed by atoms with Crippen LogP contribution in [-0.4, -0.2) is 24.0 Å². The van der Waals surface area contributed by atoms with Crippen molar-refractivity contribution in [2.75, 3.05) is 11.9 Å². The van der Waals surface area contributed by atoms with Gasteiger partial charge in [0.15, 0.2) is 0 Å². The predicted octanol–water partition coefficient (Wildman–Crippen LogP) is 3.40. The van der Waals surface area contributed by atoms with Gasteiger partial charge in [0.05, 0.1) is 0 Å². The van der Waals surface area contributed by atoms with E-state index >= 15 is 0 Å². The lowest BCUT2D eigenvalue weighted by Crippen LogP contribution is -2.56. The zero-order chi connectivity index (χ0) is 17.0. The summed E-state index contributed by atoms with van der Waals surface area (Å²) in [6.45, 7) is 9.94. The van der Waals surface area contributed by atoms with E-state index in [1.54, 1.807) is 38.1 Å². The molecule has 3 N–H and O–H groups in total. The Kier molecular flexibility index (Phi) is 5.83. The van der Waals surface area contributed by atoms with E-state index in [0.717, 1.165) is 0 Å². The molecular weight excluding hydrogens is 302 g/mol. The molecule has 122 valence electrons. The van der Waals surface area contributed by atoms with Gasteiger partial charge in [-0.05, 0) is 43.5 Å². The minimum atomic E-state index is -1.01. The van der Waals surface area contributed by atoms with Crippen LogP contribution in [0, 0.1) is 5.41 Å². The van der Waals surface area contributed by atoms with Gasteiger partial charge in [0.25, 0.3) is 0 Å². The van der Waals surface area contributed by atoms with Crippen LogP contribution >= 0.6 is 11.6 Å².